The second-order valence-corrected chi connectivity index (χ2v) is 7.30. The monoisotopic (exact) mass is 390 g/mol. The normalized spacial score (nSPS) is 21.0. The van der Waals surface area contributed by atoms with Crippen molar-refractivity contribution in [2.24, 2.45) is 5.92 Å². The Hall–Kier alpha value is -3.55. The molecule has 0 spiro atoms. The Kier molecular flexibility index (Phi) is 5.07. The molecule has 4 rings (SSSR count). The van der Waals surface area contributed by atoms with E-state index in [0.29, 0.717) is 18.1 Å². The van der Waals surface area contributed by atoms with Crippen molar-refractivity contribution in [2.45, 2.75) is 32.2 Å². The minimum Gasteiger partial charge on any atom is -0.337 e. The van der Waals surface area contributed by atoms with Crippen LogP contribution in [0, 0.1) is 5.92 Å². The molecule has 0 unspecified atom stereocenters. The highest BCUT2D eigenvalue weighted by Gasteiger charge is 2.36. The number of hydrogen-bond donors (Lipinski definition) is 3. The maximum Gasteiger partial charge on any atom is 0.291 e. The SMILES string of the molecule is C[C@@H]1[C@H](C)c2cccnc2NC(=O)[C@@H]1NC(=O)c1n[nH]c(Cc2ccccc2)n1. The number of pyridine rings is 1. The molecule has 0 aliphatic carbocycles. The van der Waals surface area contributed by atoms with Gasteiger partial charge in [0.1, 0.15) is 17.7 Å². The molecule has 29 heavy (non-hydrogen) atoms. The average molecular weight is 390 g/mol. The number of nitrogens with one attached hydrogen (secondary N) is 3. The fraction of sp³-hybridized carbons (Fsp3) is 0.286. The fourth-order valence-electron chi connectivity index (χ4n) is 3.56. The molecule has 0 fully saturated rings. The molecule has 3 aromatic rings. The van der Waals surface area contributed by atoms with Gasteiger partial charge >= 0.3 is 0 Å². The van der Waals surface area contributed by atoms with E-state index >= 15 is 0 Å². The molecule has 0 radical (unpaired) electrons. The van der Waals surface area contributed by atoms with E-state index in [1.54, 1.807) is 6.20 Å². The lowest BCUT2D eigenvalue weighted by molar-refractivity contribution is -0.119. The van der Waals surface area contributed by atoms with Crippen LogP contribution in [0.25, 0.3) is 0 Å². The molecule has 2 aromatic heterocycles. The first-order valence-electron chi connectivity index (χ1n) is 9.55. The standard InChI is InChI=1S/C21H22N6O2/c1-12-13(2)17(20(28)25-18-15(12)9-6-10-22-18)24-21(29)19-23-16(26-27-19)11-14-7-4-3-5-8-14/h3-10,12-13,17H,11H2,1-2H3,(H,24,29)(H,22,25,28)(H,23,26,27)/t12-,13+,17+/m0/s1. The Labute approximate surface area is 168 Å². The Morgan fingerprint density at radius 1 is 1.14 bits per heavy atom. The minimum absolute atomic E-state index is 0.0171. The summed E-state index contributed by atoms with van der Waals surface area (Å²) in [7, 11) is 0. The van der Waals surface area contributed by atoms with Gasteiger partial charge < -0.3 is 10.6 Å². The lowest BCUT2D eigenvalue weighted by atomic mass is 9.85. The van der Waals surface area contributed by atoms with E-state index in [-0.39, 0.29) is 23.6 Å². The van der Waals surface area contributed by atoms with E-state index in [4.69, 9.17) is 0 Å². The molecule has 8 heteroatoms. The molecule has 1 aliphatic heterocycles. The topological polar surface area (TPSA) is 113 Å². The van der Waals surface area contributed by atoms with Gasteiger partial charge in [-0.2, -0.15) is 0 Å². The second kappa shape index (κ2) is 7.83. The molecule has 1 aliphatic rings. The summed E-state index contributed by atoms with van der Waals surface area (Å²) >= 11 is 0. The average Bonchev–Trinajstić information content (AvgIpc) is 3.17. The van der Waals surface area contributed by atoms with E-state index < -0.39 is 11.9 Å². The lowest BCUT2D eigenvalue weighted by Crippen LogP contribution is -2.48. The van der Waals surface area contributed by atoms with Crippen molar-refractivity contribution in [3.63, 3.8) is 0 Å². The van der Waals surface area contributed by atoms with E-state index in [1.807, 2.05) is 56.3 Å². The molecule has 3 atom stereocenters. The molecule has 148 valence electrons. The number of carbonyl (C=O) groups is 2. The van der Waals surface area contributed by atoms with Crippen molar-refractivity contribution in [1.29, 1.82) is 0 Å². The third kappa shape index (κ3) is 3.87. The van der Waals surface area contributed by atoms with Gasteiger partial charge in [-0.25, -0.2) is 9.97 Å². The van der Waals surface area contributed by atoms with Gasteiger partial charge in [-0.15, -0.1) is 5.10 Å². The summed E-state index contributed by atoms with van der Waals surface area (Å²) in [6.45, 7) is 3.96. The van der Waals surface area contributed by atoms with Gasteiger partial charge in [0, 0.05) is 12.6 Å². The van der Waals surface area contributed by atoms with Crippen molar-refractivity contribution in [1.82, 2.24) is 25.5 Å². The van der Waals surface area contributed by atoms with Crippen LogP contribution < -0.4 is 10.6 Å². The summed E-state index contributed by atoms with van der Waals surface area (Å²) in [6.07, 6.45) is 2.18. The molecular weight excluding hydrogens is 368 g/mol. The van der Waals surface area contributed by atoms with Crippen molar-refractivity contribution in [3.8, 4) is 0 Å². The number of rotatable bonds is 4. The largest absolute Gasteiger partial charge is 0.337 e. The van der Waals surface area contributed by atoms with Gasteiger partial charge in [0.05, 0.1) is 0 Å². The Morgan fingerprint density at radius 3 is 2.72 bits per heavy atom. The summed E-state index contributed by atoms with van der Waals surface area (Å²) in [5.74, 6) is 0.259. The number of aromatic amines is 1. The molecule has 1 aromatic carbocycles. The number of H-pyrrole nitrogens is 1. The number of fused-ring (bicyclic) bond motifs is 1. The van der Waals surface area contributed by atoms with Crippen LogP contribution in [0.2, 0.25) is 0 Å². The molecular formula is C21H22N6O2. The maximum atomic E-state index is 12.7. The molecule has 0 saturated carbocycles. The summed E-state index contributed by atoms with van der Waals surface area (Å²) in [4.78, 5) is 34.0. The van der Waals surface area contributed by atoms with Crippen LogP contribution in [-0.4, -0.2) is 38.0 Å². The Balaban J connectivity index is 1.49. The minimum atomic E-state index is -0.720. The van der Waals surface area contributed by atoms with Crippen molar-refractivity contribution >= 4 is 17.6 Å². The van der Waals surface area contributed by atoms with Gasteiger partial charge in [-0.1, -0.05) is 50.2 Å². The zero-order valence-corrected chi connectivity index (χ0v) is 16.2. The van der Waals surface area contributed by atoms with Crippen molar-refractivity contribution < 1.29 is 9.59 Å². The highest BCUT2D eigenvalue weighted by atomic mass is 16.2. The number of amides is 2. The summed E-state index contributed by atoms with van der Waals surface area (Å²) in [6, 6.07) is 12.9. The van der Waals surface area contributed by atoms with Crippen LogP contribution in [-0.2, 0) is 11.2 Å². The molecule has 0 saturated heterocycles. The smallest absolute Gasteiger partial charge is 0.291 e. The summed E-state index contributed by atoms with van der Waals surface area (Å²) < 4.78 is 0. The predicted octanol–water partition coefficient (Wildman–Crippen LogP) is 2.28. The third-order valence-corrected chi connectivity index (χ3v) is 5.40. The number of nitrogens with zero attached hydrogens (tertiary/aromatic N) is 3. The van der Waals surface area contributed by atoms with E-state index in [1.165, 1.54) is 0 Å². The van der Waals surface area contributed by atoms with Gasteiger partial charge in [0.15, 0.2) is 0 Å². The van der Waals surface area contributed by atoms with Crippen LogP contribution >= 0.6 is 0 Å². The first-order chi connectivity index (χ1) is 14.0. The van der Waals surface area contributed by atoms with E-state index in [2.05, 4.69) is 30.8 Å². The van der Waals surface area contributed by atoms with Crippen LogP contribution in [0.4, 0.5) is 5.82 Å². The zero-order valence-electron chi connectivity index (χ0n) is 16.2. The van der Waals surface area contributed by atoms with Gasteiger partial charge in [-0.05, 0) is 29.0 Å². The van der Waals surface area contributed by atoms with Gasteiger partial charge in [0.25, 0.3) is 5.91 Å². The third-order valence-electron chi connectivity index (χ3n) is 5.40. The first kappa shape index (κ1) is 18.8. The van der Waals surface area contributed by atoms with Crippen LogP contribution in [0.15, 0.2) is 48.7 Å². The fourth-order valence-corrected chi connectivity index (χ4v) is 3.56. The van der Waals surface area contributed by atoms with Crippen molar-refractivity contribution in [3.05, 3.63) is 71.4 Å². The molecule has 3 heterocycles. The Morgan fingerprint density at radius 2 is 1.93 bits per heavy atom. The van der Waals surface area contributed by atoms with Gasteiger partial charge in [0.2, 0.25) is 11.7 Å². The quantitative estimate of drug-likeness (QED) is 0.633. The molecule has 0 bridgehead atoms. The van der Waals surface area contributed by atoms with Crippen molar-refractivity contribution in [2.75, 3.05) is 5.32 Å². The molecule has 8 nitrogen and oxygen atoms in total. The molecule has 3 N–H and O–H groups in total. The lowest BCUT2D eigenvalue weighted by Gasteiger charge is -2.25. The zero-order chi connectivity index (χ0) is 20.4. The number of hydrogen-bond acceptors (Lipinski definition) is 5. The number of aromatic nitrogens is 4. The number of carbonyl (C=O) groups excluding carboxylic acids is 2. The molecule has 2 amide bonds. The summed E-state index contributed by atoms with van der Waals surface area (Å²) in [5, 5.41) is 12.4. The number of benzene rings is 1. The number of anilines is 1. The van der Waals surface area contributed by atoms with Crippen LogP contribution in [0.5, 0.6) is 0 Å². The van der Waals surface area contributed by atoms with Gasteiger partial charge in [-0.3, -0.25) is 14.7 Å². The second-order valence-electron chi connectivity index (χ2n) is 7.30. The Bertz CT molecular complexity index is 1030. The highest BCUT2D eigenvalue weighted by molar-refractivity contribution is 6.00. The van der Waals surface area contributed by atoms with E-state index in [0.717, 1.165) is 11.1 Å². The van der Waals surface area contributed by atoms with E-state index in [9.17, 15) is 9.59 Å². The highest BCUT2D eigenvalue weighted by Crippen LogP contribution is 2.33. The maximum absolute atomic E-state index is 12.7. The predicted molar refractivity (Wildman–Crippen MR) is 107 cm³/mol. The summed E-state index contributed by atoms with van der Waals surface area (Å²) in [5.41, 5.74) is 2.01. The van der Waals surface area contributed by atoms with Crippen LogP contribution in [0.3, 0.4) is 0 Å². The van der Waals surface area contributed by atoms with Crippen LogP contribution in [0.1, 0.15) is 47.3 Å². The first-order valence-corrected chi connectivity index (χ1v) is 9.55.